The van der Waals surface area contributed by atoms with Crippen LogP contribution >= 0.6 is 11.6 Å². The van der Waals surface area contributed by atoms with Crippen molar-refractivity contribution in [1.29, 1.82) is 0 Å². The van der Waals surface area contributed by atoms with Gasteiger partial charge < -0.3 is 4.74 Å². The molecule has 0 spiro atoms. The second-order valence-corrected chi connectivity index (χ2v) is 5.81. The summed E-state index contributed by atoms with van der Waals surface area (Å²) in [7, 11) is 1.59. The van der Waals surface area contributed by atoms with E-state index in [9.17, 15) is 4.79 Å². The van der Waals surface area contributed by atoms with E-state index in [0.717, 1.165) is 11.1 Å². The van der Waals surface area contributed by atoms with E-state index in [-0.39, 0.29) is 10.6 Å². The van der Waals surface area contributed by atoms with Gasteiger partial charge in [-0.1, -0.05) is 54.1 Å². The third-order valence-electron chi connectivity index (χ3n) is 3.69. The Hall–Kier alpha value is -3.12. The number of nitrogens with zero attached hydrogens (tertiary/aromatic N) is 3. The molecule has 1 aromatic heterocycles. The molecule has 0 saturated carbocycles. The molecule has 3 aromatic rings. The van der Waals surface area contributed by atoms with Crippen molar-refractivity contribution in [3.8, 4) is 5.75 Å². The molecule has 0 bridgehead atoms. The monoisotopic (exact) mass is 368 g/mol. The van der Waals surface area contributed by atoms with Crippen LogP contribution in [0.3, 0.4) is 0 Å². The lowest BCUT2D eigenvalue weighted by Crippen LogP contribution is -2.24. The molecule has 0 aliphatic carbocycles. The molecule has 0 fully saturated rings. The highest BCUT2D eigenvalue weighted by Gasteiger charge is 2.09. The number of anilines is 1. The summed E-state index contributed by atoms with van der Waals surface area (Å²) in [5, 5.41) is 8.30. The van der Waals surface area contributed by atoms with E-state index in [2.05, 4.69) is 15.6 Å². The minimum atomic E-state index is -0.381. The average Bonchev–Trinajstić information content (AvgIpc) is 2.68. The number of benzene rings is 2. The molecule has 26 heavy (non-hydrogen) atoms. The van der Waals surface area contributed by atoms with Crippen LogP contribution in [-0.2, 0) is 6.54 Å². The molecule has 1 heterocycles. The van der Waals surface area contributed by atoms with Crippen LogP contribution in [0.2, 0.25) is 5.02 Å². The number of nitrogens with one attached hydrogen (secondary N) is 1. The van der Waals surface area contributed by atoms with Crippen LogP contribution in [0.15, 0.2) is 70.7 Å². The largest absolute Gasteiger partial charge is 0.496 e. The van der Waals surface area contributed by atoms with E-state index in [0.29, 0.717) is 18.0 Å². The van der Waals surface area contributed by atoms with Crippen molar-refractivity contribution in [2.45, 2.75) is 6.54 Å². The fourth-order valence-electron chi connectivity index (χ4n) is 2.36. The summed E-state index contributed by atoms with van der Waals surface area (Å²) in [4.78, 5) is 12.4. The zero-order chi connectivity index (χ0) is 18.4. The Morgan fingerprint density at radius 2 is 1.92 bits per heavy atom. The van der Waals surface area contributed by atoms with Crippen molar-refractivity contribution in [3.63, 3.8) is 0 Å². The molecule has 0 saturated heterocycles. The predicted octanol–water partition coefficient (Wildman–Crippen LogP) is 3.40. The van der Waals surface area contributed by atoms with E-state index in [1.807, 2.05) is 54.6 Å². The Balaban J connectivity index is 1.76. The van der Waals surface area contributed by atoms with Crippen molar-refractivity contribution in [2.75, 3.05) is 12.5 Å². The summed E-state index contributed by atoms with van der Waals surface area (Å²) in [6.07, 6.45) is 3.07. The molecule has 132 valence electrons. The molecule has 0 radical (unpaired) electrons. The Kier molecular flexibility index (Phi) is 5.66. The maximum Gasteiger partial charge on any atom is 0.288 e. The van der Waals surface area contributed by atoms with Gasteiger partial charge in [0.25, 0.3) is 5.56 Å². The lowest BCUT2D eigenvalue weighted by molar-refractivity contribution is 0.414. The number of methoxy groups -OCH3 is 1. The highest BCUT2D eigenvalue weighted by Crippen LogP contribution is 2.17. The van der Waals surface area contributed by atoms with Crippen LogP contribution in [0.4, 0.5) is 5.69 Å². The minimum absolute atomic E-state index is 0.0353. The summed E-state index contributed by atoms with van der Waals surface area (Å²) < 4.78 is 6.56. The molecule has 0 aliphatic heterocycles. The zero-order valence-electron chi connectivity index (χ0n) is 14.1. The number of hydrazone groups is 1. The van der Waals surface area contributed by atoms with Gasteiger partial charge >= 0.3 is 0 Å². The topological polar surface area (TPSA) is 68.5 Å². The Bertz CT molecular complexity index is 971. The van der Waals surface area contributed by atoms with Gasteiger partial charge in [0.2, 0.25) is 0 Å². The summed E-state index contributed by atoms with van der Waals surface area (Å²) in [5.41, 5.74) is 4.47. The van der Waals surface area contributed by atoms with Crippen LogP contribution in [0.1, 0.15) is 11.1 Å². The lowest BCUT2D eigenvalue weighted by Gasteiger charge is -2.08. The van der Waals surface area contributed by atoms with Crippen LogP contribution in [-0.4, -0.2) is 23.1 Å². The number of aromatic nitrogens is 2. The minimum Gasteiger partial charge on any atom is -0.496 e. The first-order valence-electron chi connectivity index (χ1n) is 7.90. The summed E-state index contributed by atoms with van der Waals surface area (Å²) in [5.74, 6) is 0.695. The second kappa shape index (κ2) is 8.31. The van der Waals surface area contributed by atoms with E-state index in [1.54, 1.807) is 13.3 Å². The van der Waals surface area contributed by atoms with Gasteiger partial charge in [0.1, 0.15) is 16.5 Å². The molecule has 0 atom stereocenters. The molecule has 6 nitrogen and oxygen atoms in total. The summed E-state index contributed by atoms with van der Waals surface area (Å²) in [6.45, 7) is 0.351. The van der Waals surface area contributed by atoms with E-state index >= 15 is 0 Å². The molecular formula is C19H17ClN4O2. The number of rotatable bonds is 6. The number of para-hydroxylation sites is 1. The Labute approximate surface area is 155 Å². The standard InChI is InChI=1S/C19H17ClN4O2/c1-26-17-10-6-5-9-15(17)11-21-23-16-12-22-24(19(25)18(16)20)13-14-7-3-2-4-8-14/h2-12,23H,13H2,1H3/b21-11+. The Morgan fingerprint density at radius 3 is 2.69 bits per heavy atom. The quantitative estimate of drug-likeness (QED) is 0.535. The van der Waals surface area contributed by atoms with Gasteiger partial charge in [0.05, 0.1) is 26.1 Å². The lowest BCUT2D eigenvalue weighted by atomic mass is 10.2. The maximum absolute atomic E-state index is 12.4. The van der Waals surface area contributed by atoms with Gasteiger partial charge in [0, 0.05) is 5.56 Å². The first-order chi connectivity index (χ1) is 12.7. The normalized spacial score (nSPS) is 10.8. The fraction of sp³-hybridized carbons (Fsp3) is 0.105. The number of hydrogen-bond donors (Lipinski definition) is 1. The van der Waals surface area contributed by atoms with Gasteiger partial charge in [0.15, 0.2) is 0 Å². The van der Waals surface area contributed by atoms with Crippen LogP contribution in [0.5, 0.6) is 5.75 Å². The second-order valence-electron chi connectivity index (χ2n) is 5.43. The molecule has 1 N–H and O–H groups in total. The number of hydrogen-bond acceptors (Lipinski definition) is 5. The van der Waals surface area contributed by atoms with E-state index in [1.165, 1.54) is 10.9 Å². The zero-order valence-corrected chi connectivity index (χ0v) is 14.8. The first-order valence-corrected chi connectivity index (χ1v) is 8.28. The summed E-state index contributed by atoms with van der Waals surface area (Å²) >= 11 is 6.17. The van der Waals surface area contributed by atoms with Crippen molar-refractivity contribution >= 4 is 23.5 Å². The highest BCUT2D eigenvalue weighted by atomic mass is 35.5. The fourth-order valence-corrected chi connectivity index (χ4v) is 2.55. The van der Waals surface area contributed by atoms with Gasteiger partial charge in [-0.2, -0.15) is 10.2 Å². The Morgan fingerprint density at radius 1 is 1.19 bits per heavy atom. The number of ether oxygens (including phenoxy) is 1. The number of halogens is 1. The molecule has 0 aliphatic rings. The van der Waals surface area contributed by atoms with E-state index < -0.39 is 0 Å². The molecule has 7 heteroatoms. The van der Waals surface area contributed by atoms with Crippen LogP contribution in [0, 0.1) is 0 Å². The van der Waals surface area contributed by atoms with Crippen molar-refractivity contribution in [3.05, 3.63) is 87.3 Å². The molecular weight excluding hydrogens is 352 g/mol. The third kappa shape index (κ3) is 4.10. The highest BCUT2D eigenvalue weighted by molar-refractivity contribution is 6.32. The first kappa shape index (κ1) is 17.7. The smallest absolute Gasteiger partial charge is 0.288 e. The average molecular weight is 369 g/mol. The SMILES string of the molecule is COc1ccccc1/C=N/Nc1cnn(Cc2ccccc2)c(=O)c1Cl. The van der Waals surface area contributed by atoms with Crippen molar-refractivity contribution < 1.29 is 4.74 Å². The van der Waals surface area contributed by atoms with Crippen LogP contribution in [0.25, 0.3) is 0 Å². The van der Waals surface area contributed by atoms with Crippen LogP contribution < -0.4 is 15.7 Å². The van der Waals surface area contributed by atoms with Gasteiger partial charge in [-0.25, -0.2) is 4.68 Å². The molecule has 0 unspecified atom stereocenters. The van der Waals surface area contributed by atoms with Crippen molar-refractivity contribution in [1.82, 2.24) is 9.78 Å². The summed E-state index contributed by atoms with van der Waals surface area (Å²) in [6, 6.07) is 17.0. The molecule has 0 amide bonds. The van der Waals surface area contributed by atoms with E-state index in [4.69, 9.17) is 16.3 Å². The predicted molar refractivity (Wildman–Crippen MR) is 103 cm³/mol. The van der Waals surface area contributed by atoms with Gasteiger partial charge in [-0.15, -0.1) is 0 Å². The third-order valence-corrected chi connectivity index (χ3v) is 4.05. The maximum atomic E-state index is 12.4. The van der Waals surface area contributed by atoms with Gasteiger partial charge in [-0.05, 0) is 17.7 Å². The van der Waals surface area contributed by atoms with Crippen molar-refractivity contribution in [2.24, 2.45) is 5.10 Å². The molecule has 2 aromatic carbocycles. The molecule has 3 rings (SSSR count). The van der Waals surface area contributed by atoms with Gasteiger partial charge in [-0.3, -0.25) is 10.2 Å².